The zero-order valence-corrected chi connectivity index (χ0v) is 13.7. The van der Waals surface area contributed by atoms with Gasteiger partial charge in [-0.1, -0.05) is 29.8 Å². The summed E-state index contributed by atoms with van der Waals surface area (Å²) in [6.45, 7) is 2.19. The predicted molar refractivity (Wildman–Crippen MR) is 91.2 cm³/mol. The summed E-state index contributed by atoms with van der Waals surface area (Å²) in [4.78, 5) is 12.0. The summed E-state index contributed by atoms with van der Waals surface area (Å²) in [6, 6.07) is 14.3. The monoisotopic (exact) mass is 342 g/mol. The number of aromatic nitrogens is 4. The molecule has 0 bridgehead atoms. The molecule has 0 spiro atoms. The maximum Gasteiger partial charge on any atom is 0.319 e. The molecule has 2 amide bonds. The van der Waals surface area contributed by atoms with Crippen LogP contribution in [0.4, 0.5) is 10.5 Å². The number of nitrogens with zero attached hydrogens (tertiary/aromatic N) is 4. The van der Waals surface area contributed by atoms with Crippen molar-refractivity contribution in [3.05, 3.63) is 64.9 Å². The second-order valence-corrected chi connectivity index (χ2v) is 5.56. The number of hydrogen-bond donors (Lipinski definition) is 2. The van der Waals surface area contributed by atoms with Gasteiger partial charge in [-0.2, -0.15) is 4.68 Å². The smallest absolute Gasteiger partial charge is 0.319 e. The Labute approximate surface area is 143 Å². The van der Waals surface area contributed by atoms with Crippen molar-refractivity contribution in [3.63, 3.8) is 0 Å². The molecule has 2 N–H and O–H groups in total. The number of rotatable bonds is 4. The molecule has 0 unspecified atom stereocenters. The molecular formula is C16H15ClN6O. The van der Waals surface area contributed by atoms with E-state index in [-0.39, 0.29) is 6.03 Å². The van der Waals surface area contributed by atoms with Crippen molar-refractivity contribution in [2.24, 2.45) is 0 Å². The van der Waals surface area contributed by atoms with E-state index in [0.717, 1.165) is 11.3 Å². The Morgan fingerprint density at radius 1 is 1.21 bits per heavy atom. The van der Waals surface area contributed by atoms with E-state index < -0.39 is 0 Å². The van der Waals surface area contributed by atoms with E-state index in [9.17, 15) is 4.79 Å². The van der Waals surface area contributed by atoms with Crippen molar-refractivity contribution in [1.82, 2.24) is 25.5 Å². The number of urea groups is 1. The molecule has 0 saturated heterocycles. The molecule has 0 aliphatic rings. The average Bonchev–Trinajstić information content (AvgIpc) is 2.99. The van der Waals surface area contributed by atoms with Crippen LogP contribution in [0.15, 0.2) is 48.5 Å². The van der Waals surface area contributed by atoms with Crippen LogP contribution in [0.5, 0.6) is 0 Å². The zero-order valence-electron chi connectivity index (χ0n) is 12.9. The minimum atomic E-state index is -0.305. The first-order chi connectivity index (χ1) is 11.6. The molecule has 24 heavy (non-hydrogen) atoms. The van der Waals surface area contributed by atoms with Gasteiger partial charge >= 0.3 is 6.03 Å². The molecule has 1 heterocycles. The highest BCUT2D eigenvalue weighted by molar-refractivity contribution is 6.30. The van der Waals surface area contributed by atoms with Gasteiger partial charge in [0.05, 0.1) is 5.69 Å². The molecule has 3 aromatic rings. The highest BCUT2D eigenvalue weighted by Crippen LogP contribution is 2.15. The van der Waals surface area contributed by atoms with Gasteiger partial charge in [-0.3, -0.25) is 0 Å². The molecule has 3 rings (SSSR count). The molecule has 0 aliphatic heterocycles. The number of aryl methyl sites for hydroxylation is 1. The molecule has 0 atom stereocenters. The molecule has 0 fully saturated rings. The van der Waals surface area contributed by atoms with Crippen LogP contribution in [0.2, 0.25) is 5.02 Å². The third-order valence-electron chi connectivity index (χ3n) is 3.32. The summed E-state index contributed by atoms with van der Waals surface area (Å²) in [5.74, 6) is 0.664. The van der Waals surface area contributed by atoms with Crippen LogP contribution in [-0.4, -0.2) is 26.2 Å². The number of anilines is 1. The Hall–Kier alpha value is -2.93. The van der Waals surface area contributed by atoms with Crippen LogP contribution >= 0.6 is 11.6 Å². The molecule has 0 radical (unpaired) electrons. The van der Waals surface area contributed by atoms with Gasteiger partial charge in [0.25, 0.3) is 0 Å². The fourth-order valence-electron chi connectivity index (χ4n) is 2.19. The summed E-state index contributed by atoms with van der Waals surface area (Å²) in [5.41, 5.74) is 2.34. The molecule has 8 heteroatoms. The van der Waals surface area contributed by atoms with Crippen LogP contribution in [-0.2, 0) is 6.54 Å². The minimum Gasteiger partial charge on any atom is -0.334 e. The highest BCUT2D eigenvalue weighted by atomic mass is 35.5. The first kappa shape index (κ1) is 15.9. The lowest BCUT2D eigenvalue weighted by atomic mass is 10.2. The van der Waals surface area contributed by atoms with Gasteiger partial charge in [0, 0.05) is 17.3 Å². The van der Waals surface area contributed by atoms with Crippen molar-refractivity contribution in [2.75, 3.05) is 5.32 Å². The number of nitrogens with one attached hydrogen (secondary N) is 2. The van der Waals surface area contributed by atoms with Crippen molar-refractivity contribution in [2.45, 2.75) is 13.5 Å². The standard InChI is InChI=1S/C16H15ClN6O/c1-11-20-21-22-23(11)15-7-3-6-14(9-15)19-16(24)18-10-12-4-2-5-13(17)8-12/h2-9H,10H2,1H3,(H2,18,19,24). The van der Waals surface area contributed by atoms with Crippen molar-refractivity contribution < 1.29 is 4.79 Å². The van der Waals surface area contributed by atoms with E-state index in [0.29, 0.717) is 23.1 Å². The van der Waals surface area contributed by atoms with Crippen molar-refractivity contribution in [1.29, 1.82) is 0 Å². The van der Waals surface area contributed by atoms with Crippen molar-refractivity contribution >= 4 is 23.3 Å². The third kappa shape index (κ3) is 3.88. The summed E-state index contributed by atoms with van der Waals surface area (Å²) in [6.07, 6.45) is 0. The predicted octanol–water partition coefficient (Wildman–Crippen LogP) is 2.95. The number of amides is 2. The maximum absolute atomic E-state index is 12.0. The molecule has 7 nitrogen and oxygen atoms in total. The zero-order chi connectivity index (χ0) is 16.9. The third-order valence-corrected chi connectivity index (χ3v) is 3.55. The topological polar surface area (TPSA) is 84.7 Å². The van der Waals surface area contributed by atoms with E-state index in [1.165, 1.54) is 0 Å². The van der Waals surface area contributed by atoms with Crippen molar-refractivity contribution in [3.8, 4) is 5.69 Å². The SMILES string of the molecule is Cc1nnnn1-c1cccc(NC(=O)NCc2cccc(Cl)c2)c1. The maximum atomic E-state index is 12.0. The Morgan fingerprint density at radius 2 is 2.04 bits per heavy atom. The molecular weight excluding hydrogens is 328 g/mol. The number of carbonyl (C=O) groups is 1. The average molecular weight is 343 g/mol. The van der Waals surface area contributed by atoms with Gasteiger partial charge in [-0.25, -0.2) is 4.79 Å². The quantitative estimate of drug-likeness (QED) is 0.763. The van der Waals surface area contributed by atoms with Gasteiger partial charge in [0.1, 0.15) is 0 Å². The molecule has 0 aliphatic carbocycles. The van der Waals surface area contributed by atoms with Crippen LogP contribution < -0.4 is 10.6 Å². The second kappa shape index (κ2) is 7.10. The first-order valence-electron chi connectivity index (χ1n) is 7.26. The second-order valence-electron chi connectivity index (χ2n) is 5.13. The van der Waals surface area contributed by atoms with Crippen LogP contribution in [0.1, 0.15) is 11.4 Å². The Balaban J connectivity index is 1.63. The molecule has 122 valence electrons. The van der Waals surface area contributed by atoms with E-state index in [1.807, 2.05) is 30.3 Å². The van der Waals surface area contributed by atoms with Gasteiger partial charge in [0.15, 0.2) is 5.82 Å². The van der Waals surface area contributed by atoms with E-state index in [4.69, 9.17) is 11.6 Å². The van der Waals surface area contributed by atoms with Gasteiger partial charge < -0.3 is 10.6 Å². The van der Waals surface area contributed by atoms with Crippen LogP contribution in [0, 0.1) is 6.92 Å². The number of tetrazole rings is 1. The largest absolute Gasteiger partial charge is 0.334 e. The van der Waals surface area contributed by atoms with Crippen LogP contribution in [0.25, 0.3) is 5.69 Å². The summed E-state index contributed by atoms with van der Waals surface area (Å²) in [7, 11) is 0. The van der Waals surface area contributed by atoms with Gasteiger partial charge in [-0.15, -0.1) is 5.10 Å². The first-order valence-corrected chi connectivity index (χ1v) is 7.64. The number of benzene rings is 2. The Morgan fingerprint density at radius 3 is 2.79 bits per heavy atom. The summed E-state index contributed by atoms with van der Waals surface area (Å²) >= 11 is 5.92. The lowest BCUT2D eigenvalue weighted by molar-refractivity contribution is 0.251. The highest BCUT2D eigenvalue weighted by Gasteiger charge is 2.06. The van der Waals surface area contributed by atoms with Gasteiger partial charge in [0.2, 0.25) is 0 Å². The summed E-state index contributed by atoms with van der Waals surface area (Å²) in [5, 5.41) is 17.6. The molecule has 1 aromatic heterocycles. The number of carbonyl (C=O) groups excluding carboxylic acids is 1. The molecule has 0 saturated carbocycles. The van der Waals surface area contributed by atoms with Gasteiger partial charge in [-0.05, 0) is 53.2 Å². The van der Waals surface area contributed by atoms with Crippen LogP contribution in [0.3, 0.4) is 0 Å². The molecule has 2 aromatic carbocycles. The normalized spacial score (nSPS) is 10.4. The fourth-order valence-corrected chi connectivity index (χ4v) is 2.40. The number of halogens is 1. The van der Waals surface area contributed by atoms with E-state index in [1.54, 1.807) is 29.8 Å². The van der Waals surface area contributed by atoms with E-state index >= 15 is 0 Å². The van der Waals surface area contributed by atoms with E-state index in [2.05, 4.69) is 26.2 Å². The Bertz CT molecular complexity index is 863. The minimum absolute atomic E-state index is 0.305. The lowest BCUT2D eigenvalue weighted by Crippen LogP contribution is -2.28. The Kier molecular flexibility index (Phi) is 4.72. The fraction of sp³-hybridized carbons (Fsp3) is 0.125. The number of hydrogen-bond acceptors (Lipinski definition) is 4. The lowest BCUT2D eigenvalue weighted by Gasteiger charge is -2.09. The summed E-state index contributed by atoms with van der Waals surface area (Å²) < 4.78 is 1.59.